The smallest absolute Gasteiger partial charge is 0.415 e. The van der Waals surface area contributed by atoms with E-state index in [4.69, 9.17) is 19.6 Å². The molecule has 0 spiro atoms. The topological polar surface area (TPSA) is 92.2 Å². The van der Waals surface area contributed by atoms with E-state index in [1.165, 1.54) is 0 Å². The number of fused-ring (bicyclic) bond motifs is 1. The number of nitrogens with one attached hydrogen (secondary N) is 1. The number of ether oxygens (including phenoxy) is 3. The molecule has 2 aliphatic heterocycles. The van der Waals surface area contributed by atoms with Gasteiger partial charge < -0.3 is 24.0 Å². The van der Waals surface area contributed by atoms with Crippen molar-refractivity contribution >= 4 is 17.7 Å². The summed E-state index contributed by atoms with van der Waals surface area (Å²) in [6.45, 7) is 11.6. The van der Waals surface area contributed by atoms with Crippen LogP contribution in [-0.4, -0.2) is 60.4 Å². The third-order valence-corrected chi connectivity index (χ3v) is 6.78. The Hall–Kier alpha value is -3.62. The fourth-order valence-electron chi connectivity index (χ4n) is 4.86. The highest BCUT2D eigenvalue weighted by Crippen LogP contribution is 2.39. The zero-order chi connectivity index (χ0) is 27.6. The van der Waals surface area contributed by atoms with Crippen molar-refractivity contribution in [3.8, 4) is 17.2 Å². The van der Waals surface area contributed by atoms with Crippen molar-refractivity contribution in [2.45, 2.75) is 59.4 Å². The van der Waals surface area contributed by atoms with Gasteiger partial charge in [-0.05, 0) is 61.9 Å². The average Bonchev–Trinajstić information content (AvgIpc) is 3.50. The summed E-state index contributed by atoms with van der Waals surface area (Å²) >= 11 is 0. The van der Waals surface area contributed by atoms with E-state index in [0.717, 1.165) is 18.4 Å². The fourth-order valence-corrected chi connectivity index (χ4v) is 4.86. The van der Waals surface area contributed by atoms with Crippen molar-refractivity contribution in [2.24, 2.45) is 0 Å². The number of benzene rings is 2. The third-order valence-electron chi connectivity index (χ3n) is 6.78. The average molecular weight is 526 g/mol. The first-order valence-electron chi connectivity index (χ1n) is 13.1. The van der Waals surface area contributed by atoms with Crippen LogP contribution in [0, 0.1) is 11.2 Å². The van der Waals surface area contributed by atoms with Crippen LogP contribution in [0.5, 0.6) is 17.2 Å². The number of amides is 1. The second kappa shape index (κ2) is 11.0. The maximum atomic E-state index is 15.4. The molecule has 2 aliphatic rings. The molecule has 1 fully saturated rings. The number of Topliss-reactive ketones (excluding diaryl/α,β-unsaturated/α-hetero) is 1. The van der Waals surface area contributed by atoms with E-state index in [1.54, 1.807) is 47.9 Å². The standard InChI is InChI=1S/C29H36FN3O5/c1-6-36-23-15-19-16-33(27(31)24(19)25(30)26(23)37-7-2)17-21(34)18-10-11-22(20(14-18)29(3,4)5)38-28(35)32-12-8-9-13-32/h10-11,14-15,31H,6-9,12-13,16-17H2,1-5H3. The molecular formula is C29H36FN3O5. The Morgan fingerprint density at radius 2 is 1.71 bits per heavy atom. The Morgan fingerprint density at radius 1 is 1.03 bits per heavy atom. The molecule has 0 radical (unpaired) electrons. The number of carbonyl (C=O) groups is 2. The molecule has 1 saturated heterocycles. The van der Waals surface area contributed by atoms with Gasteiger partial charge >= 0.3 is 6.09 Å². The van der Waals surface area contributed by atoms with Gasteiger partial charge in [-0.1, -0.05) is 20.8 Å². The first kappa shape index (κ1) is 27.4. The summed E-state index contributed by atoms with van der Waals surface area (Å²) in [6, 6.07) is 6.74. The largest absolute Gasteiger partial charge is 0.490 e. The number of likely N-dealkylation sites (tertiary alicyclic amines) is 1. The summed E-state index contributed by atoms with van der Waals surface area (Å²) in [7, 11) is 0. The van der Waals surface area contributed by atoms with Gasteiger partial charge in [0.1, 0.15) is 11.6 Å². The van der Waals surface area contributed by atoms with Gasteiger partial charge in [-0.15, -0.1) is 0 Å². The van der Waals surface area contributed by atoms with E-state index in [0.29, 0.717) is 42.3 Å². The monoisotopic (exact) mass is 525 g/mol. The number of rotatable bonds is 8. The van der Waals surface area contributed by atoms with E-state index in [9.17, 15) is 9.59 Å². The maximum Gasteiger partial charge on any atom is 0.415 e. The molecule has 204 valence electrons. The Labute approximate surface area is 223 Å². The lowest BCUT2D eigenvalue weighted by atomic mass is 9.85. The molecule has 9 heteroatoms. The second-order valence-corrected chi connectivity index (χ2v) is 10.6. The Kier molecular flexibility index (Phi) is 7.94. The van der Waals surface area contributed by atoms with Gasteiger partial charge in [0.2, 0.25) is 0 Å². The molecule has 0 aromatic heterocycles. The van der Waals surface area contributed by atoms with E-state index < -0.39 is 5.82 Å². The van der Waals surface area contributed by atoms with Crippen molar-refractivity contribution in [3.63, 3.8) is 0 Å². The molecule has 0 saturated carbocycles. The molecule has 1 N–H and O–H groups in total. The van der Waals surface area contributed by atoms with Crippen LogP contribution in [0.25, 0.3) is 0 Å². The van der Waals surface area contributed by atoms with Crippen molar-refractivity contribution < 1.29 is 28.2 Å². The lowest BCUT2D eigenvalue weighted by molar-refractivity contribution is 0.0962. The van der Waals surface area contributed by atoms with E-state index in [-0.39, 0.29) is 54.1 Å². The van der Waals surface area contributed by atoms with E-state index >= 15 is 4.39 Å². The second-order valence-electron chi connectivity index (χ2n) is 10.6. The summed E-state index contributed by atoms with van der Waals surface area (Å²) in [6.07, 6.45) is 1.55. The van der Waals surface area contributed by atoms with Gasteiger partial charge in [0.25, 0.3) is 0 Å². The normalized spacial score (nSPS) is 15.1. The highest BCUT2D eigenvalue weighted by molar-refractivity contribution is 6.06. The maximum absolute atomic E-state index is 15.4. The van der Waals surface area contributed by atoms with Gasteiger partial charge in [0.05, 0.1) is 25.3 Å². The van der Waals surface area contributed by atoms with Gasteiger partial charge in [0.15, 0.2) is 23.1 Å². The van der Waals surface area contributed by atoms with Crippen molar-refractivity contribution in [3.05, 3.63) is 52.3 Å². The summed E-state index contributed by atoms with van der Waals surface area (Å²) in [4.78, 5) is 29.2. The Bertz CT molecular complexity index is 1250. The number of halogens is 1. The first-order chi connectivity index (χ1) is 18.0. The highest BCUT2D eigenvalue weighted by Gasteiger charge is 2.33. The fraction of sp³-hybridized carbons (Fsp3) is 0.483. The molecule has 2 aromatic rings. The Morgan fingerprint density at radius 3 is 2.34 bits per heavy atom. The minimum absolute atomic E-state index is 0.0140. The zero-order valence-electron chi connectivity index (χ0n) is 22.8. The molecule has 1 amide bonds. The predicted molar refractivity (Wildman–Crippen MR) is 142 cm³/mol. The predicted octanol–water partition coefficient (Wildman–Crippen LogP) is 5.54. The van der Waals surface area contributed by atoms with Crippen LogP contribution in [-0.2, 0) is 12.0 Å². The summed E-state index contributed by atoms with van der Waals surface area (Å²) < 4.78 is 32.1. The van der Waals surface area contributed by atoms with Crippen LogP contribution < -0.4 is 14.2 Å². The lowest BCUT2D eigenvalue weighted by Crippen LogP contribution is -2.32. The van der Waals surface area contributed by atoms with Crippen LogP contribution in [0.4, 0.5) is 9.18 Å². The van der Waals surface area contributed by atoms with Gasteiger partial charge in [-0.3, -0.25) is 10.2 Å². The molecule has 0 atom stereocenters. The molecule has 0 aliphatic carbocycles. The van der Waals surface area contributed by atoms with E-state index in [2.05, 4.69) is 0 Å². The van der Waals surface area contributed by atoms with Gasteiger partial charge in [-0.25, -0.2) is 9.18 Å². The summed E-state index contributed by atoms with van der Waals surface area (Å²) in [5.41, 5.74) is 1.49. The van der Waals surface area contributed by atoms with Gasteiger partial charge in [0, 0.05) is 30.8 Å². The molecule has 4 rings (SSSR count). The van der Waals surface area contributed by atoms with E-state index in [1.807, 2.05) is 20.8 Å². The SMILES string of the molecule is CCOc1cc2c(c(F)c1OCC)C(=N)N(CC(=O)c1ccc(OC(=O)N3CCCC3)c(C(C)(C)C)c1)C2. The number of hydrogen-bond donors (Lipinski definition) is 1. The highest BCUT2D eigenvalue weighted by atomic mass is 19.1. The molecule has 2 aromatic carbocycles. The number of hydrogen-bond acceptors (Lipinski definition) is 6. The number of carbonyl (C=O) groups excluding carboxylic acids is 2. The molecule has 2 heterocycles. The quantitative estimate of drug-likeness (QED) is 0.455. The molecule has 0 bridgehead atoms. The third kappa shape index (κ3) is 5.47. The van der Waals surface area contributed by atoms with Crippen molar-refractivity contribution in [1.82, 2.24) is 9.80 Å². The minimum Gasteiger partial charge on any atom is -0.490 e. The van der Waals surface area contributed by atoms with Crippen LogP contribution >= 0.6 is 0 Å². The van der Waals surface area contributed by atoms with Crippen molar-refractivity contribution in [2.75, 3.05) is 32.8 Å². The molecule has 38 heavy (non-hydrogen) atoms. The lowest BCUT2D eigenvalue weighted by Gasteiger charge is -2.25. The number of nitrogens with zero attached hydrogens (tertiary/aromatic N) is 2. The molecular weight excluding hydrogens is 489 g/mol. The van der Waals surface area contributed by atoms with Crippen LogP contribution in [0.15, 0.2) is 24.3 Å². The van der Waals surface area contributed by atoms with Crippen LogP contribution in [0.2, 0.25) is 0 Å². The minimum atomic E-state index is -0.646. The Balaban J connectivity index is 1.55. The first-order valence-corrected chi connectivity index (χ1v) is 13.1. The summed E-state index contributed by atoms with van der Waals surface area (Å²) in [5, 5.41) is 8.60. The zero-order valence-corrected chi connectivity index (χ0v) is 22.8. The summed E-state index contributed by atoms with van der Waals surface area (Å²) in [5.74, 6) is -0.225. The van der Waals surface area contributed by atoms with Crippen molar-refractivity contribution in [1.29, 1.82) is 5.41 Å². The number of ketones is 1. The van der Waals surface area contributed by atoms with Crippen LogP contribution in [0.1, 0.15) is 74.5 Å². The number of amidine groups is 1. The van der Waals surface area contributed by atoms with Crippen LogP contribution in [0.3, 0.4) is 0 Å². The molecule has 0 unspecified atom stereocenters. The molecule has 8 nitrogen and oxygen atoms in total. The van der Waals surface area contributed by atoms with Gasteiger partial charge in [-0.2, -0.15) is 0 Å².